The number of benzene rings is 1. The Bertz CT molecular complexity index is 598. The molecule has 0 saturated carbocycles. The molecule has 0 radical (unpaired) electrons. The third-order valence-electron chi connectivity index (χ3n) is 3.81. The normalized spacial score (nSPS) is 23.0. The van der Waals surface area contributed by atoms with Gasteiger partial charge in [0.25, 0.3) is 0 Å². The van der Waals surface area contributed by atoms with Gasteiger partial charge in [-0.1, -0.05) is 6.92 Å². The average Bonchev–Trinajstić information content (AvgIpc) is 2.46. The highest BCUT2D eigenvalue weighted by Crippen LogP contribution is 2.28. The van der Waals surface area contributed by atoms with Crippen LogP contribution in [0.15, 0.2) is 27.6 Å². The van der Waals surface area contributed by atoms with Gasteiger partial charge in [-0.2, -0.15) is 0 Å². The second-order valence-electron chi connectivity index (χ2n) is 5.71. The number of halogens is 1. The minimum atomic E-state index is -3.51. The van der Waals surface area contributed by atoms with E-state index in [1.54, 1.807) is 25.3 Å². The van der Waals surface area contributed by atoms with E-state index in [1.807, 2.05) is 0 Å². The Morgan fingerprint density at radius 2 is 2.24 bits per heavy atom. The van der Waals surface area contributed by atoms with E-state index >= 15 is 0 Å². The monoisotopic (exact) mass is 376 g/mol. The fraction of sp³-hybridized carbons (Fsp3) is 0.571. The van der Waals surface area contributed by atoms with Crippen molar-refractivity contribution < 1.29 is 13.2 Å². The Morgan fingerprint density at radius 1 is 1.48 bits per heavy atom. The minimum absolute atomic E-state index is 0.0327. The topological polar surface area (TPSA) is 67.4 Å². The van der Waals surface area contributed by atoms with E-state index in [2.05, 4.69) is 32.9 Å². The van der Waals surface area contributed by atoms with Crippen LogP contribution in [0.1, 0.15) is 19.8 Å². The number of sulfonamides is 1. The molecule has 0 aliphatic carbocycles. The van der Waals surface area contributed by atoms with Crippen LogP contribution in [-0.2, 0) is 10.0 Å². The summed E-state index contributed by atoms with van der Waals surface area (Å²) in [5.41, 5.74) is -0.0327. The van der Waals surface area contributed by atoms with Gasteiger partial charge in [-0.05, 0) is 58.9 Å². The van der Waals surface area contributed by atoms with E-state index in [4.69, 9.17) is 4.74 Å². The van der Waals surface area contributed by atoms with Crippen LogP contribution in [0.2, 0.25) is 0 Å². The fourth-order valence-corrected chi connectivity index (χ4v) is 4.35. The molecule has 7 heteroatoms. The molecule has 0 bridgehead atoms. The van der Waals surface area contributed by atoms with Gasteiger partial charge in [-0.3, -0.25) is 0 Å². The first-order chi connectivity index (χ1) is 9.86. The number of nitrogens with one attached hydrogen (secondary N) is 2. The van der Waals surface area contributed by atoms with Crippen LogP contribution in [0.4, 0.5) is 0 Å². The van der Waals surface area contributed by atoms with Crippen molar-refractivity contribution in [3.8, 4) is 5.75 Å². The Morgan fingerprint density at radius 3 is 2.81 bits per heavy atom. The second kappa shape index (κ2) is 6.64. The molecule has 21 heavy (non-hydrogen) atoms. The highest BCUT2D eigenvalue weighted by Gasteiger charge is 2.28. The van der Waals surface area contributed by atoms with Gasteiger partial charge in [0.2, 0.25) is 10.0 Å². The smallest absolute Gasteiger partial charge is 0.240 e. The summed E-state index contributed by atoms with van der Waals surface area (Å²) >= 11 is 3.31. The van der Waals surface area contributed by atoms with Gasteiger partial charge in [0.1, 0.15) is 5.75 Å². The van der Waals surface area contributed by atoms with Gasteiger partial charge in [0.05, 0.1) is 16.5 Å². The van der Waals surface area contributed by atoms with Crippen molar-refractivity contribution in [1.82, 2.24) is 10.0 Å². The van der Waals surface area contributed by atoms with Crippen LogP contribution in [0.3, 0.4) is 0 Å². The number of piperidine rings is 1. The third-order valence-corrected chi connectivity index (χ3v) is 5.83. The van der Waals surface area contributed by atoms with Crippen molar-refractivity contribution in [2.45, 2.75) is 24.7 Å². The maximum absolute atomic E-state index is 12.4. The van der Waals surface area contributed by atoms with Gasteiger partial charge in [0.15, 0.2) is 0 Å². The maximum Gasteiger partial charge on any atom is 0.240 e. The standard InChI is InChI=1S/C14H21BrN2O3S/c1-14(6-3-7-16-9-14)10-17-21(18,19)11-4-5-13(20-2)12(15)8-11/h4-5,8,16-17H,3,6-7,9-10H2,1-2H3. The minimum Gasteiger partial charge on any atom is -0.496 e. The van der Waals surface area contributed by atoms with Crippen molar-refractivity contribution in [3.63, 3.8) is 0 Å². The first kappa shape index (κ1) is 16.7. The number of methoxy groups -OCH3 is 1. The molecular formula is C14H21BrN2O3S. The van der Waals surface area contributed by atoms with Gasteiger partial charge in [-0.25, -0.2) is 13.1 Å². The van der Waals surface area contributed by atoms with E-state index in [1.165, 1.54) is 0 Å². The molecule has 1 aromatic rings. The van der Waals surface area contributed by atoms with E-state index in [0.29, 0.717) is 16.8 Å². The molecule has 2 N–H and O–H groups in total. The van der Waals surface area contributed by atoms with Gasteiger partial charge >= 0.3 is 0 Å². The molecule has 2 rings (SSSR count). The van der Waals surface area contributed by atoms with E-state index < -0.39 is 10.0 Å². The molecule has 1 saturated heterocycles. The first-order valence-electron chi connectivity index (χ1n) is 6.90. The molecule has 1 heterocycles. The van der Waals surface area contributed by atoms with E-state index in [-0.39, 0.29) is 10.3 Å². The maximum atomic E-state index is 12.4. The van der Waals surface area contributed by atoms with Crippen molar-refractivity contribution in [2.24, 2.45) is 5.41 Å². The molecule has 118 valence electrons. The van der Waals surface area contributed by atoms with Crippen LogP contribution in [0.5, 0.6) is 5.75 Å². The summed E-state index contributed by atoms with van der Waals surface area (Å²) in [5, 5.41) is 3.32. The Hall–Kier alpha value is -0.630. The predicted octanol–water partition coefficient (Wildman–Crippen LogP) is 2.13. The average molecular weight is 377 g/mol. The number of hydrogen-bond acceptors (Lipinski definition) is 4. The van der Waals surface area contributed by atoms with Crippen molar-refractivity contribution in [2.75, 3.05) is 26.7 Å². The lowest BCUT2D eigenvalue weighted by Gasteiger charge is -2.34. The van der Waals surface area contributed by atoms with Gasteiger partial charge in [0, 0.05) is 13.1 Å². The Labute approximate surface area is 134 Å². The zero-order valence-electron chi connectivity index (χ0n) is 12.3. The molecule has 1 unspecified atom stereocenters. The molecule has 1 aliphatic rings. The van der Waals surface area contributed by atoms with Gasteiger partial charge in [-0.15, -0.1) is 0 Å². The largest absolute Gasteiger partial charge is 0.496 e. The van der Waals surface area contributed by atoms with Crippen molar-refractivity contribution in [3.05, 3.63) is 22.7 Å². The molecule has 1 atom stereocenters. The summed E-state index contributed by atoms with van der Waals surface area (Å²) in [4.78, 5) is 0.238. The second-order valence-corrected chi connectivity index (χ2v) is 8.33. The molecule has 1 aliphatic heterocycles. The number of ether oxygens (including phenoxy) is 1. The first-order valence-corrected chi connectivity index (χ1v) is 9.18. The van der Waals surface area contributed by atoms with Crippen LogP contribution >= 0.6 is 15.9 Å². The SMILES string of the molecule is COc1ccc(S(=O)(=O)NCC2(C)CCCNC2)cc1Br. The highest BCUT2D eigenvalue weighted by molar-refractivity contribution is 9.10. The van der Waals surface area contributed by atoms with Crippen molar-refractivity contribution in [1.29, 1.82) is 0 Å². The lowest BCUT2D eigenvalue weighted by atomic mass is 9.83. The number of hydrogen-bond donors (Lipinski definition) is 2. The van der Waals surface area contributed by atoms with E-state index in [9.17, 15) is 8.42 Å². The van der Waals surface area contributed by atoms with Crippen molar-refractivity contribution >= 4 is 26.0 Å². The lowest BCUT2D eigenvalue weighted by Crippen LogP contribution is -2.45. The van der Waals surface area contributed by atoms with Crippen LogP contribution in [0, 0.1) is 5.41 Å². The Balaban J connectivity index is 2.09. The molecule has 5 nitrogen and oxygen atoms in total. The molecule has 0 amide bonds. The zero-order chi connectivity index (χ0) is 15.5. The van der Waals surface area contributed by atoms with E-state index in [0.717, 1.165) is 25.9 Å². The van der Waals surface area contributed by atoms with Crippen LogP contribution < -0.4 is 14.8 Å². The fourth-order valence-electron chi connectivity index (χ4n) is 2.44. The lowest BCUT2D eigenvalue weighted by molar-refractivity contribution is 0.238. The molecule has 0 spiro atoms. The summed E-state index contributed by atoms with van der Waals surface area (Å²) in [6, 6.07) is 4.75. The van der Waals surface area contributed by atoms with Gasteiger partial charge < -0.3 is 10.1 Å². The molecule has 1 fully saturated rings. The summed E-state index contributed by atoms with van der Waals surface area (Å²) in [5.74, 6) is 0.609. The summed E-state index contributed by atoms with van der Waals surface area (Å²) in [6.07, 6.45) is 2.10. The summed E-state index contributed by atoms with van der Waals surface area (Å²) in [7, 11) is -1.96. The molecule has 0 aromatic heterocycles. The summed E-state index contributed by atoms with van der Waals surface area (Å²) < 4.78 is 33.2. The molecular weight excluding hydrogens is 356 g/mol. The summed E-state index contributed by atoms with van der Waals surface area (Å²) in [6.45, 7) is 4.38. The van der Waals surface area contributed by atoms with Crippen LogP contribution in [-0.4, -0.2) is 35.2 Å². The highest BCUT2D eigenvalue weighted by atomic mass is 79.9. The molecule has 1 aromatic carbocycles. The Kier molecular flexibility index (Phi) is 5.29. The zero-order valence-corrected chi connectivity index (χ0v) is 14.7. The third kappa shape index (κ3) is 4.18. The number of rotatable bonds is 5. The predicted molar refractivity (Wildman–Crippen MR) is 86.1 cm³/mol. The quantitative estimate of drug-likeness (QED) is 0.825. The van der Waals surface area contributed by atoms with Crippen LogP contribution in [0.25, 0.3) is 0 Å².